The van der Waals surface area contributed by atoms with Gasteiger partial charge in [0.15, 0.2) is 0 Å². The number of carbonyl (C=O) groups excluding carboxylic acids is 2. The molecule has 1 aliphatic heterocycles. The Bertz CT molecular complexity index is 662. The monoisotopic (exact) mass is 287 g/mol. The van der Waals surface area contributed by atoms with E-state index in [0.717, 1.165) is 0 Å². The molecule has 2 rings (SSSR count). The molecule has 1 unspecified atom stereocenters. The van der Waals surface area contributed by atoms with Crippen LogP contribution in [0.2, 0.25) is 0 Å². The number of nitrogens with one attached hydrogen (secondary N) is 1. The zero-order chi connectivity index (χ0) is 15.8. The second-order valence-electron chi connectivity index (χ2n) is 4.93. The van der Waals surface area contributed by atoms with Crippen molar-refractivity contribution in [1.29, 1.82) is 5.26 Å². The van der Waals surface area contributed by atoms with Gasteiger partial charge >= 0.3 is 12.0 Å². The lowest BCUT2D eigenvalue weighted by atomic mass is 9.91. The molecule has 108 valence electrons. The molecule has 1 heterocycles. The third-order valence-electron chi connectivity index (χ3n) is 3.56. The van der Waals surface area contributed by atoms with Crippen LogP contribution in [0.1, 0.15) is 25.0 Å². The van der Waals surface area contributed by atoms with Crippen molar-refractivity contribution < 1.29 is 19.5 Å². The summed E-state index contributed by atoms with van der Waals surface area (Å²) in [6, 6.07) is 6.14. The molecule has 0 spiro atoms. The molecule has 1 saturated heterocycles. The van der Waals surface area contributed by atoms with Crippen LogP contribution in [0.15, 0.2) is 24.3 Å². The Labute approximate surface area is 120 Å². The van der Waals surface area contributed by atoms with Crippen LogP contribution in [0.25, 0.3) is 0 Å². The number of urea groups is 1. The van der Waals surface area contributed by atoms with E-state index < -0.39 is 29.5 Å². The van der Waals surface area contributed by atoms with Crippen LogP contribution in [0.3, 0.4) is 0 Å². The topological polar surface area (TPSA) is 110 Å². The number of nitrogens with zero attached hydrogens (tertiary/aromatic N) is 2. The van der Waals surface area contributed by atoms with Crippen LogP contribution < -0.4 is 5.32 Å². The van der Waals surface area contributed by atoms with E-state index in [2.05, 4.69) is 5.32 Å². The Morgan fingerprint density at radius 1 is 1.38 bits per heavy atom. The molecule has 21 heavy (non-hydrogen) atoms. The van der Waals surface area contributed by atoms with Crippen molar-refractivity contribution in [2.24, 2.45) is 0 Å². The molecule has 0 aliphatic carbocycles. The third-order valence-corrected chi connectivity index (χ3v) is 3.56. The van der Waals surface area contributed by atoms with E-state index in [-0.39, 0.29) is 0 Å². The first-order valence-electron chi connectivity index (χ1n) is 6.20. The number of carbonyl (C=O) groups is 3. The number of amides is 3. The molecule has 2 N–H and O–H groups in total. The highest BCUT2D eigenvalue weighted by Gasteiger charge is 2.51. The van der Waals surface area contributed by atoms with Gasteiger partial charge in [0, 0.05) is 0 Å². The van der Waals surface area contributed by atoms with Crippen molar-refractivity contribution in [3.63, 3.8) is 0 Å². The fourth-order valence-electron chi connectivity index (χ4n) is 2.20. The fourth-order valence-corrected chi connectivity index (χ4v) is 2.20. The van der Waals surface area contributed by atoms with E-state index in [1.54, 1.807) is 12.1 Å². The summed E-state index contributed by atoms with van der Waals surface area (Å²) in [6.07, 6.45) is 0. The number of nitriles is 1. The Morgan fingerprint density at radius 2 is 1.95 bits per heavy atom. The second-order valence-corrected chi connectivity index (χ2v) is 4.93. The molecular weight excluding hydrogens is 274 g/mol. The van der Waals surface area contributed by atoms with E-state index >= 15 is 0 Å². The number of carboxylic acids is 1. The summed E-state index contributed by atoms with van der Waals surface area (Å²) in [7, 11) is 0. The average Bonchev–Trinajstić information content (AvgIpc) is 2.69. The van der Waals surface area contributed by atoms with Crippen molar-refractivity contribution in [3.05, 3.63) is 35.4 Å². The average molecular weight is 287 g/mol. The quantitative estimate of drug-likeness (QED) is 0.799. The number of carboxylic acid groups (broad SMARTS) is 1. The number of benzene rings is 1. The third kappa shape index (κ3) is 2.21. The number of imide groups is 1. The highest BCUT2D eigenvalue weighted by Crippen LogP contribution is 2.30. The molecule has 1 aliphatic rings. The zero-order valence-corrected chi connectivity index (χ0v) is 11.5. The standard InChI is InChI=1S/C14H13N3O4/c1-8(11(18)19)17-12(20)14(2,16-13(17)21)10-5-3-9(7-15)4-6-10/h3-6,8H,1-2H3,(H,16,21)(H,18,19)/t8?,14-/m0/s1. The largest absolute Gasteiger partial charge is 0.480 e. The van der Waals surface area contributed by atoms with Crippen molar-refractivity contribution in [2.45, 2.75) is 25.4 Å². The van der Waals surface area contributed by atoms with Crippen molar-refractivity contribution in [1.82, 2.24) is 10.2 Å². The predicted molar refractivity (Wildman–Crippen MR) is 71.0 cm³/mol. The Balaban J connectivity index is 2.40. The van der Waals surface area contributed by atoms with Crippen molar-refractivity contribution >= 4 is 17.9 Å². The van der Waals surface area contributed by atoms with Crippen LogP contribution in [0.5, 0.6) is 0 Å². The lowest BCUT2D eigenvalue weighted by molar-refractivity contribution is -0.147. The summed E-state index contributed by atoms with van der Waals surface area (Å²) in [5.41, 5.74) is -0.427. The highest BCUT2D eigenvalue weighted by atomic mass is 16.4. The normalized spacial score (nSPS) is 22.6. The van der Waals surface area contributed by atoms with Gasteiger partial charge in [-0.05, 0) is 31.5 Å². The van der Waals surface area contributed by atoms with Gasteiger partial charge in [0.25, 0.3) is 5.91 Å². The van der Waals surface area contributed by atoms with Gasteiger partial charge in [0.2, 0.25) is 0 Å². The minimum absolute atomic E-state index is 0.426. The number of rotatable bonds is 3. The molecule has 1 aromatic carbocycles. The lowest BCUT2D eigenvalue weighted by Gasteiger charge is -2.23. The smallest absolute Gasteiger partial charge is 0.326 e. The second kappa shape index (κ2) is 4.90. The number of hydrogen-bond acceptors (Lipinski definition) is 4. The molecule has 2 atom stereocenters. The molecule has 3 amide bonds. The van der Waals surface area contributed by atoms with Gasteiger partial charge in [-0.25, -0.2) is 14.5 Å². The summed E-state index contributed by atoms with van der Waals surface area (Å²) in [5.74, 6) is -1.89. The lowest BCUT2D eigenvalue weighted by Crippen LogP contribution is -2.45. The maximum Gasteiger partial charge on any atom is 0.326 e. The van der Waals surface area contributed by atoms with Gasteiger partial charge < -0.3 is 10.4 Å². The molecule has 0 aromatic heterocycles. The number of hydrogen-bond donors (Lipinski definition) is 2. The highest BCUT2D eigenvalue weighted by molar-refractivity contribution is 6.09. The zero-order valence-electron chi connectivity index (χ0n) is 11.5. The first-order chi connectivity index (χ1) is 9.81. The summed E-state index contributed by atoms with van der Waals surface area (Å²) in [5, 5.41) is 20.3. The fraction of sp³-hybridized carbons (Fsp3) is 0.286. The molecule has 0 saturated carbocycles. The van der Waals surface area contributed by atoms with E-state index in [1.165, 1.54) is 26.0 Å². The molecule has 7 nitrogen and oxygen atoms in total. The van der Waals surface area contributed by atoms with Gasteiger partial charge in [-0.15, -0.1) is 0 Å². The molecule has 1 aromatic rings. The van der Waals surface area contributed by atoms with Gasteiger partial charge in [-0.1, -0.05) is 12.1 Å². The first-order valence-corrected chi connectivity index (χ1v) is 6.20. The maximum atomic E-state index is 12.5. The van der Waals surface area contributed by atoms with Gasteiger partial charge in [-0.2, -0.15) is 5.26 Å². The minimum Gasteiger partial charge on any atom is -0.480 e. The molecule has 0 radical (unpaired) electrons. The molecule has 7 heteroatoms. The van der Waals surface area contributed by atoms with Crippen LogP contribution in [-0.4, -0.2) is 34.0 Å². The van der Waals surface area contributed by atoms with Crippen LogP contribution in [0.4, 0.5) is 4.79 Å². The van der Waals surface area contributed by atoms with E-state index in [9.17, 15) is 14.4 Å². The molecular formula is C14H13N3O4. The number of aliphatic carboxylic acids is 1. The van der Waals surface area contributed by atoms with Crippen molar-refractivity contribution in [3.8, 4) is 6.07 Å². The van der Waals surface area contributed by atoms with Gasteiger partial charge in [-0.3, -0.25) is 4.79 Å². The summed E-state index contributed by atoms with van der Waals surface area (Å²) in [6.45, 7) is 2.77. The Hall–Kier alpha value is -2.88. The summed E-state index contributed by atoms with van der Waals surface area (Å²) < 4.78 is 0. The maximum absolute atomic E-state index is 12.5. The first kappa shape index (κ1) is 14.5. The van der Waals surface area contributed by atoms with E-state index in [0.29, 0.717) is 16.0 Å². The van der Waals surface area contributed by atoms with Crippen LogP contribution >= 0.6 is 0 Å². The summed E-state index contributed by atoms with van der Waals surface area (Å²) >= 11 is 0. The van der Waals surface area contributed by atoms with Crippen LogP contribution in [0, 0.1) is 11.3 Å². The van der Waals surface area contributed by atoms with Gasteiger partial charge in [0.05, 0.1) is 11.6 Å². The SMILES string of the molecule is CC(C(=O)O)N1C(=O)N[C@@](C)(c2ccc(C#N)cc2)C1=O. The molecule has 1 fully saturated rings. The Morgan fingerprint density at radius 3 is 2.43 bits per heavy atom. The van der Waals surface area contributed by atoms with Crippen molar-refractivity contribution in [2.75, 3.05) is 0 Å². The molecule has 0 bridgehead atoms. The summed E-state index contributed by atoms with van der Waals surface area (Å²) in [4.78, 5) is 36.1. The van der Waals surface area contributed by atoms with E-state index in [1.807, 2.05) is 6.07 Å². The van der Waals surface area contributed by atoms with E-state index in [4.69, 9.17) is 10.4 Å². The Kier molecular flexibility index (Phi) is 3.39. The minimum atomic E-state index is -1.34. The predicted octanol–water partition coefficient (Wildman–Crippen LogP) is 0.798. The van der Waals surface area contributed by atoms with Gasteiger partial charge in [0.1, 0.15) is 11.6 Å². The van der Waals surface area contributed by atoms with Crippen LogP contribution in [-0.2, 0) is 15.1 Å².